The number of thiazole rings is 1. The fraction of sp³-hybridized carbons (Fsp3) is 0.485. The zero-order valence-electron chi connectivity index (χ0n) is 22.5. The molecule has 36 heavy (non-hydrogen) atoms. The molecule has 0 N–H and O–H groups in total. The lowest BCUT2D eigenvalue weighted by molar-refractivity contribution is 0.589. The predicted molar refractivity (Wildman–Crippen MR) is 158 cm³/mol. The lowest BCUT2D eigenvalue weighted by Gasteiger charge is -2.04. The smallest absolute Gasteiger partial charge is 0.194 e. The molecule has 0 aliphatic rings. The molecule has 192 valence electrons. The average molecular weight is 501 g/mol. The lowest BCUT2D eigenvalue weighted by Crippen LogP contribution is -1.87. The van der Waals surface area contributed by atoms with Gasteiger partial charge in [0.1, 0.15) is 0 Å². The van der Waals surface area contributed by atoms with Crippen molar-refractivity contribution in [2.24, 2.45) is 0 Å². The molecule has 0 aliphatic carbocycles. The van der Waals surface area contributed by atoms with Crippen molar-refractivity contribution >= 4 is 16.3 Å². The Morgan fingerprint density at radius 1 is 0.583 bits per heavy atom. The van der Waals surface area contributed by atoms with E-state index in [0.29, 0.717) is 0 Å². The summed E-state index contributed by atoms with van der Waals surface area (Å²) in [7, 11) is 0. The summed E-state index contributed by atoms with van der Waals surface area (Å²) in [4.78, 5) is 7.27. The van der Waals surface area contributed by atoms with Crippen LogP contribution in [0.1, 0.15) is 102 Å². The molecule has 4 aromatic rings. The molecule has 2 nitrogen and oxygen atoms in total. The molecular weight excluding hydrogens is 456 g/mol. The third-order valence-corrected chi connectivity index (χ3v) is 8.33. The first-order chi connectivity index (χ1) is 17.8. The Balaban J connectivity index is 1.28. The van der Waals surface area contributed by atoms with Gasteiger partial charge in [-0.05, 0) is 42.4 Å². The zero-order chi connectivity index (χ0) is 25.0. The first-order valence-corrected chi connectivity index (χ1v) is 15.3. The molecule has 2 heterocycles. The Kier molecular flexibility index (Phi) is 10.6. The zero-order valence-corrected chi connectivity index (χ0v) is 23.3. The Morgan fingerprint density at radius 2 is 1.08 bits per heavy atom. The Hall–Kier alpha value is -2.39. The molecule has 0 bridgehead atoms. The van der Waals surface area contributed by atoms with Crippen molar-refractivity contribution in [1.82, 2.24) is 9.38 Å². The summed E-state index contributed by atoms with van der Waals surface area (Å²) < 4.78 is 2.18. The molecule has 3 heteroatoms. The van der Waals surface area contributed by atoms with Crippen molar-refractivity contribution in [3.8, 4) is 21.7 Å². The van der Waals surface area contributed by atoms with Gasteiger partial charge in [0, 0.05) is 18.0 Å². The summed E-state index contributed by atoms with van der Waals surface area (Å²) in [5.74, 6) is 0. The van der Waals surface area contributed by atoms with Crippen molar-refractivity contribution in [3.63, 3.8) is 0 Å². The molecule has 0 saturated heterocycles. The highest BCUT2D eigenvalue weighted by Crippen LogP contribution is 2.31. The second kappa shape index (κ2) is 14.4. The second-order valence-electron chi connectivity index (χ2n) is 10.3. The molecular formula is C33H44N2S. The number of hydrogen-bond acceptors (Lipinski definition) is 2. The summed E-state index contributed by atoms with van der Waals surface area (Å²) in [6, 6.07) is 18.2. The van der Waals surface area contributed by atoms with Crippen LogP contribution in [-0.2, 0) is 12.8 Å². The van der Waals surface area contributed by atoms with Crippen LogP contribution < -0.4 is 0 Å². The maximum absolute atomic E-state index is 4.93. The van der Waals surface area contributed by atoms with Crippen molar-refractivity contribution in [3.05, 3.63) is 72.1 Å². The van der Waals surface area contributed by atoms with Crippen LogP contribution in [0.25, 0.3) is 26.7 Å². The number of fused-ring (bicyclic) bond motifs is 1. The van der Waals surface area contributed by atoms with Crippen LogP contribution in [0.5, 0.6) is 0 Å². The average Bonchev–Trinajstić information content (AvgIpc) is 3.49. The largest absolute Gasteiger partial charge is 0.296 e. The van der Waals surface area contributed by atoms with Crippen molar-refractivity contribution in [2.75, 3.05) is 0 Å². The van der Waals surface area contributed by atoms with E-state index in [0.717, 1.165) is 10.7 Å². The highest BCUT2D eigenvalue weighted by Gasteiger charge is 2.10. The molecule has 0 unspecified atom stereocenters. The van der Waals surface area contributed by atoms with Crippen molar-refractivity contribution in [2.45, 2.75) is 104 Å². The Morgan fingerprint density at radius 3 is 1.61 bits per heavy atom. The number of nitrogens with zero attached hydrogens (tertiary/aromatic N) is 2. The molecule has 0 aliphatic heterocycles. The minimum absolute atomic E-state index is 1.06. The third kappa shape index (κ3) is 7.80. The molecule has 0 spiro atoms. The van der Waals surface area contributed by atoms with Gasteiger partial charge in [-0.15, -0.1) is 0 Å². The van der Waals surface area contributed by atoms with E-state index in [1.165, 1.54) is 117 Å². The van der Waals surface area contributed by atoms with Gasteiger partial charge < -0.3 is 0 Å². The van der Waals surface area contributed by atoms with Gasteiger partial charge in [0.05, 0.1) is 10.6 Å². The van der Waals surface area contributed by atoms with E-state index in [1.54, 1.807) is 11.3 Å². The fourth-order valence-electron chi connectivity index (χ4n) is 4.96. The van der Waals surface area contributed by atoms with Gasteiger partial charge in [0.15, 0.2) is 4.96 Å². The summed E-state index contributed by atoms with van der Waals surface area (Å²) in [6.07, 6.45) is 23.0. The predicted octanol–water partition coefficient (Wildman–Crippen LogP) is 10.5. The number of unbranched alkanes of at least 4 members (excludes halogenated alkanes) is 10. The third-order valence-electron chi connectivity index (χ3n) is 7.28. The van der Waals surface area contributed by atoms with Crippen molar-refractivity contribution in [1.29, 1.82) is 0 Å². The summed E-state index contributed by atoms with van der Waals surface area (Å²) in [5, 5.41) is 0. The van der Waals surface area contributed by atoms with E-state index in [4.69, 9.17) is 4.98 Å². The normalized spacial score (nSPS) is 11.5. The van der Waals surface area contributed by atoms with Gasteiger partial charge in [-0.1, -0.05) is 138 Å². The van der Waals surface area contributed by atoms with Crippen LogP contribution in [0, 0.1) is 0 Å². The maximum Gasteiger partial charge on any atom is 0.194 e. The van der Waals surface area contributed by atoms with Gasteiger partial charge in [-0.25, -0.2) is 4.98 Å². The van der Waals surface area contributed by atoms with Crippen molar-refractivity contribution < 1.29 is 0 Å². The lowest BCUT2D eigenvalue weighted by atomic mass is 10.0. The summed E-state index contributed by atoms with van der Waals surface area (Å²) >= 11 is 1.78. The molecule has 0 amide bonds. The van der Waals surface area contributed by atoms with Gasteiger partial charge in [-0.2, -0.15) is 0 Å². The Bertz CT molecular complexity index is 1120. The molecule has 4 rings (SSSR count). The van der Waals surface area contributed by atoms with E-state index in [2.05, 4.69) is 79.2 Å². The second-order valence-corrected chi connectivity index (χ2v) is 11.3. The van der Waals surface area contributed by atoms with Gasteiger partial charge in [0.25, 0.3) is 0 Å². The van der Waals surface area contributed by atoms with Gasteiger partial charge in [0.2, 0.25) is 0 Å². The molecule has 0 atom stereocenters. The van der Waals surface area contributed by atoms with Crippen LogP contribution in [0.15, 0.2) is 60.9 Å². The first kappa shape index (κ1) is 26.7. The number of imidazole rings is 1. The number of aryl methyl sites for hydroxylation is 2. The molecule has 2 aromatic carbocycles. The minimum atomic E-state index is 1.06. The quantitative estimate of drug-likeness (QED) is 0.140. The number of hydrogen-bond donors (Lipinski definition) is 0. The maximum atomic E-state index is 4.93. The van der Waals surface area contributed by atoms with Crippen LogP contribution in [-0.4, -0.2) is 9.38 Å². The molecule has 0 saturated carbocycles. The van der Waals surface area contributed by atoms with E-state index in [-0.39, 0.29) is 0 Å². The highest BCUT2D eigenvalue weighted by molar-refractivity contribution is 7.20. The number of aromatic nitrogens is 2. The van der Waals surface area contributed by atoms with Crippen LogP contribution >= 0.6 is 11.3 Å². The van der Waals surface area contributed by atoms with E-state index < -0.39 is 0 Å². The van der Waals surface area contributed by atoms with E-state index in [9.17, 15) is 0 Å². The summed E-state index contributed by atoms with van der Waals surface area (Å²) in [6.45, 7) is 4.56. The molecule has 2 aromatic heterocycles. The fourth-order valence-corrected chi connectivity index (χ4v) is 5.94. The topological polar surface area (TPSA) is 17.3 Å². The van der Waals surface area contributed by atoms with E-state index >= 15 is 0 Å². The molecule has 0 fully saturated rings. The molecule has 0 radical (unpaired) electrons. The summed E-state index contributed by atoms with van der Waals surface area (Å²) in [5.41, 5.74) is 6.46. The van der Waals surface area contributed by atoms with Gasteiger partial charge >= 0.3 is 0 Å². The van der Waals surface area contributed by atoms with E-state index in [1.807, 2.05) is 0 Å². The standard InChI is InChI=1S/C33H44N2S/c1-3-5-7-9-10-12-14-16-28-19-23-30(24-20-28)32-26-35-25-31(34-33(35)36-32)29-21-17-27(18-22-29)15-13-11-8-6-4-2/h17-26H,3-16H2,1-2H3. The SMILES string of the molecule is CCCCCCCCCc1ccc(-c2cn3cc(-c4ccc(CCCCCCC)cc4)nc3s2)cc1. The van der Waals surface area contributed by atoms with Gasteiger partial charge in [-0.3, -0.25) is 4.40 Å². The monoisotopic (exact) mass is 500 g/mol. The van der Waals surface area contributed by atoms with Crippen LogP contribution in [0.4, 0.5) is 0 Å². The highest BCUT2D eigenvalue weighted by atomic mass is 32.1. The first-order valence-electron chi connectivity index (χ1n) is 14.4. The number of benzene rings is 2. The minimum Gasteiger partial charge on any atom is -0.296 e. The van der Waals surface area contributed by atoms with Crippen LogP contribution in [0.3, 0.4) is 0 Å². The number of rotatable bonds is 16. The van der Waals surface area contributed by atoms with Crippen LogP contribution in [0.2, 0.25) is 0 Å². The Labute approximate surface area is 222 Å².